The summed E-state index contributed by atoms with van der Waals surface area (Å²) in [5.74, 6) is 0. The number of carbonyl (C=O) groups is 1. The molecule has 26 heavy (non-hydrogen) atoms. The molecule has 0 radical (unpaired) electrons. The van der Waals surface area contributed by atoms with Gasteiger partial charge < -0.3 is 20.0 Å². The van der Waals surface area contributed by atoms with Crippen molar-refractivity contribution < 1.29 is 4.79 Å². The van der Waals surface area contributed by atoms with Gasteiger partial charge in [0.1, 0.15) is 0 Å². The molecule has 1 atom stereocenters. The molecule has 0 fully saturated rings. The summed E-state index contributed by atoms with van der Waals surface area (Å²) in [5.41, 5.74) is 3.46. The average Bonchev–Trinajstić information content (AvgIpc) is 2.62. The van der Waals surface area contributed by atoms with Crippen molar-refractivity contribution in [2.75, 3.05) is 46.7 Å². The van der Waals surface area contributed by atoms with E-state index in [-0.39, 0.29) is 12.1 Å². The van der Waals surface area contributed by atoms with Crippen molar-refractivity contribution in [3.05, 3.63) is 65.7 Å². The van der Waals surface area contributed by atoms with Crippen LogP contribution in [0.5, 0.6) is 0 Å². The van der Waals surface area contributed by atoms with Crippen LogP contribution in [-0.4, -0.2) is 57.6 Å². The molecule has 0 spiro atoms. The highest BCUT2D eigenvalue weighted by molar-refractivity contribution is 5.73. The van der Waals surface area contributed by atoms with Crippen LogP contribution in [-0.2, 0) is 6.54 Å². The number of nitrogens with one attached hydrogen (secondary N) is 1. The molecule has 0 bridgehead atoms. The van der Waals surface area contributed by atoms with E-state index < -0.39 is 0 Å². The number of hydrogen-bond acceptors (Lipinski definition) is 3. The zero-order valence-corrected chi connectivity index (χ0v) is 16.4. The smallest absolute Gasteiger partial charge is 0.317 e. The van der Waals surface area contributed by atoms with E-state index in [1.54, 1.807) is 4.90 Å². The van der Waals surface area contributed by atoms with Crippen molar-refractivity contribution in [3.8, 4) is 0 Å². The average molecular weight is 354 g/mol. The highest BCUT2D eigenvalue weighted by Crippen LogP contribution is 2.17. The quantitative estimate of drug-likeness (QED) is 0.830. The molecule has 5 heteroatoms. The third-order valence-electron chi connectivity index (χ3n) is 4.47. The minimum absolute atomic E-state index is 0.0653. The van der Waals surface area contributed by atoms with Crippen molar-refractivity contribution in [2.24, 2.45) is 0 Å². The standard InChI is InChI=1S/C21H30N4O/c1-23(2)19-13-11-17(12-14-19)16-25(5)21(26)22-15-20(24(3)4)18-9-7-6-8-10-18/h6-14,20H,15-16H2,1-5H3,(H,22,26). The molecule has 0 aliphatic heterocycles. The van der Waals surface area contributed by atoms with Gasteiger partial charge >= 0.3 is 6.03 Å². The van der Waals surface area contributed by atoms with Crippen molar-refractivity contribution in [3.63, 3.8) is 0 Å². The first kappa shape index (κ1) is 19.8. The highest BCUT2D eigenvalue weighted by atomic mass is 16.2. The van der Waals surface area contributed by atoms with Crippen molar-refractivity contribution in [1.29, 1.82) is 0 Å². The molecule has 0 saturated heterocycles. The van der Waals surface area contributed by atoms with E-state index in [1.165, 1.54) is 5.56 Å². The Morgan fingerprint density at radius 3 is 2.08 bits per heavy atom. The summed E-state index contributed by atoms with van der Waals surface area (Å²) >= 11 is 0. The van der Waals surface area contributed by atoms with Gasteiger partial charge in [0.15, 0.2) is 0 Å². The molecule has 5 nitrogen and oxygen atoms in total. The minimum atomic E-state index is -0.0653. The summed E-state index contributed by atoms with van der Waals surface area (Å²) in [6.45, 7) is 1.15. The first-order valence-electron chi connectivity index (χ1n) is 8.85. The topological polar surface area (TPSA) is 38.8 Å². The van der Waals surface area contributed by atoms with Crippen molar-refractivity contribution in [2.45, 2.75) is 12.6 Å². The van der Waals surface area contributed by atoms with Crippen LogP contribution in [0.3, 0.4) is 0 Å². The van der Waals surface area contributed by atoms with Gasteiger partial charge in [-0.05, 0) is 37.4 Å². The molecule has 0 heterocycles. The Kier molecular flexibility index (Phi) is 7.04. The van der Waals surface area contributed by atoms with Gasteiger partial charge in [0, 0.05) is 39.9 Å². The van der Waals surface area contributed by atoms with Gasteiger partial charge in [-0.15, -0.1) is 0 Å². The van der Waals surface area contributed by atoms with Crippen molar-refractivity contribution >= 4 is 11.7 Å². The molecule has 1 N–H and O–H groups in total. The lowest BCUT2D eigenvalue weighted by atomic mass is 10.1. The van der Waals surface area contributed by atoms with E-state index >= 15 is 0 Å². The lowest BCUT2D eigenvalue weighted by molar-refractivity contribution is 0.200. The van der Waals surface area contributed by atoms with Gasteiger partial charge in [-0.3, -0.25) is 0 Å². The molecule has 2 rings (SSSR count). The predicted octanol–water partition coefficient (Wildman–Crippen LogP) is 3.20. The van der Waals surface area contributed by atoms with Crippen LogP contribution in [0, 0.1) is 0 Å². The Bertz CT molecular complexity index is 683. The largest absolute Gasteiger partial charge is 0.378 e. The van der Waals surface area contributed by atoms with Crippen molar-refractivity contribution in [1.82, 2.24) is 15.1 Å². The SMILES string of the molecule is CN(Cc1ccc(N(C)C)cc1)C(=O)NCC(c1ccccc1)N(C)C. The summed E-state index contributed by atoms with van der Waals surface area (Å²) in [5, 5.41) is 3.05. The van der Waals surface area contributed by atoms with Crippen LogP contribution in [0.1, 0.15) is 17.2 Å². The summed E-state index contributed by atoms with van der Waals surface area (Å²) in [7, 11) is 9.91. The summed E-state index contributed by atoms with van der Waals surface area (Å²) in [6.07, 6.45) is 0. The Balaban J connectivity index is 1.91. The third-order valence-corrected chi connectivity index (χ3v) is 4.47. The zero-order valence-electron chi connectivity index (χ0n) is 16.4. The van der Waals surface area contributed by atoms with Gasteiger partial charge in [-0.1, -0.05) is 42.5 Å². The molecule has 0 saturated carbocycles. The van der Waals surface area contributed by atoms with Gasteiger partial charge in [0.2, 0.25) is 0 Å². The van der Waals surface area contributed by atoms with E-state index in [1.807, 2.05) is 53.4 Å². The van der Waals surface area contributed by atoms with E-state index in [4.69, 9.17) is 0 Å². The second kappa shape index (κ2) is 9.25. The molecule has 2 aromatic carbocycles. The summed E-state index contributed by atoms with van der Waals surface area (Å²) in [4.78, 5) is 18.4. The Morgan fingerprint density at radius 1 is 0.923 bits per heavy atom. The second-order valence-corrected chi connectivity index (χ2v) is 6.99. The van der Waals surface area contributed by atoms with E-state index in [0.717, 1.165) is 11.3 Å². The summed E-state index contributed by atoms with van der Waals surface area (Å²) in [6, 6.07) is 18.6. The number of amides is 2. The number of urea groups is 1. The molecule has 0 aliphatic carbocycles. The van der Waals surface area contributed by atoms with Gasteiger partial charge in [-0.2, -0.15) is 0 Å². The fraction of sp³-hybridized carbons (Fsp3) is 0.381. The lowest BCUT2D eigenvalue weighted by Gasteiger charge is -2.26. The maximum Gasteiger partial charge on any atom is 0.317 e. The zero-order chi connectivity index (χ0) is 19.1. The Labute approximate surface area is 157 Å². The Hall–Kier alpha value is -2.53. The number of anilines is 1. The number of nitrogens with zero attached hydrogens (tertiary/aromatic N) is 3. The predicted molar refractivity (Wildman–Crippen MR) is 109 cm³/mol. The number of rotatable bonds is 7. The van der Waals surface area contributed by atoms with E-state index in [0.29, 0.717) is 13.1 Å². The molecular formula is C21H30N4O. The second-order valence-electron chi connectivity index (χ2n) is 6.99. The number of hydrogen-bond donors (Lipinski definition) is 1. The number of benzene rings is 2. The number of carbonyl (C=O) groups excluding carboxylic acids is 1. The molecule has 0 aliphatic rings. The maximum absolute atomic E-state index is 12.5. The van der Waals surface area contributed by atoms with Gasteiger partial charge in [-0.25, -0.2) is 4.79 Å². The Morgan fingerprint density at radius 2 is 1.54 bits per heavy atom. The number of likely N-dealkylation sites (N-methyl/N-ethyl adjacent to an activating group) is 1. The fourth-order valence-electron chi connectivity index (χ4n) is 2.84. The lowest BCUT2D eigenvalue weighted by Crippen LogP contribution is -2.41. The molecule has 140 valence electrons. The summed E-state index contributed by atoms with van der Waals surface area (Å²) < 4.78 is 0. The van der Waals surface area contributed by atoms with Crippen LogP contribution in [0.2, 0.25) is 0 Å². The van der Waals surface area contributed by atoms with Crippen LogP contribution < -0.4 is 10.2 Å². The highest BCUT2D eigenvalue weighted by Gasteiger charge is 2.16. The minimum Gasteiger partial charge on any atom is -0.378 e. The van der Waals surface area contributed by atoms with Gasteiger partial charge in [0.05, 0.1) is 6.04 Å². The van der Waals surface area contributed by atoms with Crippen LogP contribution in [0.25, 0.3) is 0 Å². The molecule has 1 unspecified atom stereocenters. The molecule has 2 amide bonds. The molecule has 0 aromatic heterocycles. The fourth-order valence-corrected chi connectivity index (χ4v) is 2.84. The normalized spacial score (nSPS) is 11.9. The monoisotopic (exact) mass is 354 g/mol. The van der Waals surface area contributed by atoms with Crippen LogP contribution in [0.15, 0.2) is 54.6 Å². The van der Waals surface area contributed by atoms with E-state index in [2.05, 4.69) is 51.5 Å². The van der Waals surface area contributed by atoms with Gasteiger partial charge in [0.25, 0.3) is 0 Å². The maximum atomic E-state index is 12.5. The molecular weight excluding hydrogens is 324 g/mol. The third kappa shape index (κ3) is 5.49. The molecule has 2 aromatic rings. The van der Waals surface area contributed by atoms with Crippen LogP contribution in [0.4, 0.5) is 10.5 Å². The first-order valence-corrected chi connectivity index (χ1v) is 8.85. The first-order chi connectivity index (χ1) is 12.4. The van der Waals surface area contributed by atoms with E-state index in [9.17, 15) is 4.79 Å². The van der Waals surface area contributed by atoms with Crippen LogP contribution >= 0.6 is 0 Å².